The van der Waals surface area contributed by atoms with Gasteiger partial charge in [-0.2, -0.15) is 0 Å². The third-order valence-electron chi connectivity index (χ3n) is 8.44. The highest BCUT2D eigenvalue weighted by atomic mass is 16.5. The molecule has 8 nitrogen and oxygen atoms in total. The number of benzene rings is 1. The van der Waals surface area contributed by atoms with Gasteiger partial charge >= 0.3 is 5.97 Å². The van der Waals surface area contributed by atoms with E-state index < -0.39 is 47.0 Å². The standard InChI is InChI=1S/C27H36N2O6/c1-6-12-28(14-18-10-8-7-9-11-18)24(32)22-27-13-17(4)26(5,35-27)21(25(33)34)20(27)23(31)29(22)19(15-30)16(2)3/h6-11,16-17,19-22,30H,1,12-15H2,2-5H3,(H,33,34)/t17?,19-,20-,21-,22?,26+,27?/m0/s1. The Morgan fingerprint density at radius 1 is 1.31 bits per heavy atom. The van der Waals surface area contributed by atoms with Crippen LogP contribution < -0.4 is 0 Å². The molecule has 4 rings (SSSR count). The summed E-state index contributed by atoms with van der Waals surface area (Å²) in [6.45, 7) is 11.5. The fourth-order valence-electron chi connectivity index (χ4n) is 6.67. The second kappa shape index (κ2) is 9.06. The first-order valence-electron chi connectivity index (χ1n) is 12.3. The van der Waals surface area contributed by atoms with Crippen molar-refractivity contribution in [3.8, 4) is 0 Å². The molecule has 3 aliphatic rings. The lowest BCUT2D eigenvalue weighted by Gasteiger charge is -2.40. The van der Waals surface area contributed by atoms with E-state index in [1.165, 1.54) is 4.90 Å². The fraction of sp³-hybridized carbons (Fsp3) is 0.593. The van der Waals surface area contributed by atoms with Gasteiger partial charge in [-0.15, -0.1) is 6.58 Å². The Hall–Kier alpha value is -2.71. The van der Waals surface area contributed by atoms with E-state index in [1.807, 2.05) is 51.1 Å². The summed E-state index contributed by atoms with van der Waals surface area (Å²) in [6, 6.07) is 7.87. The molecule has 3 saturated heterocycles. The van der Waals surface area contributed by atoms with Gasteiger partial charge in [-0.3, -0.25) is 14.4 Å². The van der Waals surface area contributed by atoms with E-state index in [-0.39, 0.29) is 30.9 Å². The zero-order chi connectivity index (χ0) is 25.7. The maximum atomic E-state index is 14.3. The number of rotatable bonds is 9. The van der Waals surface area contributed by atoms with Gasteiger partial charge in [-0.05, 0) is 30.7 Å². The molecule has 190 valence electrons. The summed E-state index contributed by atoms with van der Waals surface area (Å²) in [6.07, 6.45) is 2.04. The Bertz CT molecular complexity index is 1010. The van der Waals surface area contributed by atoms with Crippen LogP contribution in [-0.2, 0) is 25.7 Å². The van der Waals surface area contributed by atoms with E-state index in [2.05, 4.69) is 6.58 Å². The monoisotopic (exact) mass is 484 g/mol. The zero-order valence-corrected chi connectivity index (χ0v) is 20.9. The number of carboxylic acids is 1. The average Bonchev–Trinajstić information content (AvgIpc) is 3.31. The number of fused-ring (bicyclic) bond motifs is 1. The smallest absolute Gasteiger partial charge is 0.310 e. The molecule has 3 heterocycles. The van der Waals surface area contributed by atoms with Gasteiger partial charge in [-0.25, -0.2) is 0 Å². The number of aliphatic hydroxyl groups is 1. The van der Waals surface area contributed by atoms with Crippen LogP contribution in [0, 0.1) is 23.7 Å². The summed E-state index contributed by atoms with van der Waals surface area (Å²) < 4.78 is 6.55. The van der Waals surface area contributed by atoms with E-state index in [4.69, 9.17) is 4.74 Å². The topological polar surface area (TPSA) is 107 Å². The second-order valence-electron chi connectivity index (χ2n) is 10.8. The van der Waals surface area contributed by atoms with Crippen LogP contribution in [0.1, 0.15) is 39.7 Å². The molecule has 1 aromatic rings. The van der Waals surface area contributed by atoms with Crippen molar-refractivity contribution in [2.75, 3.05) is 13.2 Å². The van der Waals surface area contributed by atoms with Crippen molar-refractivity contribution >= 4 is 17.8 Å². The van der Waals surface area contributed by atoms with Crippen LogP contribution in [0.2, 0.25) is 0 Å². The highest BCUT2D eigenvalue weighted by molar-refractivity contribution is 5.98. The van der Waals surface area contributed by atoms with Crippen LogP contribution in [0.4, 0.5) is 0 Å². The molecule has 8 heteroatoms. The molecule has 1 aromatic carbocycles. The minimum absolute atomic E-state index is 0.148. The summed E-state index contributed by atoms with van der Waals surface area (Å²) in [7, 11) is 0. The van der Waals surface area contributed by atoms with Crippen molar-refractivity contribution in [2.24, 2.45) is 23.7 Å². The molecule has 35 heavy (non-hydrogen) atoms. The molecule has 0 aromatic heterocycles. The molecule has 2 N–H and O–H groups in total. The SMILES string of the molecule is C=CCN(Cc1ccccc1)C(=O)C1N([C@@H](CO)C(C)C)C(=O)[C@@H]2[C@@H](C(=O)O)[C@]3(C)OC12CC3C. The normalized spacial score (nSPS) is 34.2. The quantitative estimate of drug-likeness (QED) is 0.521. The number of aliphatic carboxylic acids is 1. The number of carbonyl (C=O) groups excluding carboxylic acids is 2. The number of hydrogen-bond donors (Lipinski definition) is 2. The molecule has 2 amide bonds. The highest BCUT2D eigenvalue weighted by Crippen LogP contribution is 2.65. The Balaban J connectivity index is 1.84. The van der Waals surface area contributed by atoms with Gasteiger partial charge < -0.3 is 24.7 Å². The van der Waals surface area contributed by atoms with Crippen molar-refractivity contribution in [2.45, 2.75) is 63.9 Å². The Morgan fingerprint density at radius 2 is 1.97 bits per heavy atom. The van der Waals surface area contributed by atoms with Gasteiger partial charge in [0.15, 0.2) is 0 Å². The van der Waals surface area contributed by atoms with Crippen LogP contribution in [0.5, 0.6) is 0 Å². The van der Waals surface area contributed by atoms with Crippen molar-refractivity contribution in [3.63, 3.8) is 0 Å². The van der Waals surface area contributed by atoms with Gasteiger partial charge in [0.1, 0.15) is 17.6 Å². The highest BCUT2D eigenvalue weighted by Gasteiger charge is 2.80. The lowest BCUT2D eigenvalue weighted by Crippen LogP contribution is -2.59. The third kappa shape index (κ3) is 3.69. The number of amides is 2. The molecule has 0 saturated carbocycles. The third-order valence-corrected chi connectivity index (χ3v) is 8.44. The molecule has 3 fully saturated rings. The van der Waals surface area contributed by atoms with Crippen molar-refractivity contribution < 1.29 is 29.3 Å². The van der Waals surface area contributed by atoms with Gasteiger partial charge in [0, 0.05) is 13.1 Å². The summed E-state index contributed by atoms with van der Waals surface area (Å²) >= 11 is 0. The number of carboxylic acid groups (broad SMARTS) is 1. The number of ether oxygens (including phenoxy) is 1. The van der Waals surface area contributed by atoms with Crippen LogP contribution >= 0.6 is 0 Å². The minimum atomic E-state index is -1.26. The molecule has 3 unspecified atom stereocenters. The Labute approximate surface area is 206 Å². The van der Waals surface area contributed by atoms with Gasteiger partial charge in [0.2, 0.25) is 11.8 Å². The van der Waals surface area contributed by atoms with Gasteiger partial charge in [0.05, 0.1) is 24.2 Å². The number of likely N-dealkylation sites (tertiary alicyclic amines) is 1. The lowest BCUT2D eigenvalue weighted by molar-refractivity contribution is -0.161. The van der Waals surface area contributed by atoms with E-state index in [1.54, 1.807) is 17.9 Å². The molecule has 0 radical (unpaired) electrons. The maximum absolute atomic E-state index is 14.3. The largest absolute Gasteiger partial charge is 0.481 e. The number of nitrogens with zero attached hydrogens (tertiary/aromatic N) is 2. The van der Waals surface area contributed by atoms with Crippen LogP contribution in [0.15, 0.2) is 43.0 Å². The first-order chi connectivity index (χ1) is 16.5. The average molecular weight is 485 g/mol. The maximum Gasteiger partial charge on any atom is 0.310 e. The van der Waals surface area contributed by atoms with Crippen LogP contribution in [0.25, 0.3) is 0 Å². The zero-order valence-electron chi connectivity index (χ0n) is 20.9. The first-order valence-corrected chi connectivity index (χ1v) is 12.3. The van der Waals surface area contributed by atoms with Crippen molar-refractivity contribution in [3.05, 3.63) is 48.6 Å². The van der Waals surface area contributed by atoms with E-state index in [0.29, 0.717) is 13.0 Å². The van der Waals surface area contributed by atoms with Crippen molar-refractivity contribution in [1.82, 2.24) is 9.80 Å². The number of aliphatic hydroxyl groups excluding tert-OH is 1. The summed E-state index contributed by atoms with van der Waals surface area (Å²) in [5.74, 6) is -4.17. The van der Waals surface area contributed by atoms with Crippen LogP contribution in [0.3, 0.4) is 0 Å². The molecule has 1 spiro atoms. The van der Waals surface area contributed by atoms with Crippen molar-refractivity contribution in [1.29, 1.82) is 0 Å². The molecular formula is C27H36N2O6. The summed E-state index contributed by atoms with van der Waals surface area (Å²) in [5, 5.41) is 20.4. The van der Waals surface area contributed by atoms with Gasteiger partial charge in [0.25, 0.3) is 0 Å². The predicted molar refractivity (Wildman–Crippen MR) is 129 cm³/mol. The number of hydrogen-bond acceptors (Lipinski definition) is 5. The second-order valence-corrected chi connectivity index (χ2v) is 10.8. The minimum Gasteiger partial charge on any atom is -0.481 e. The summed E-state index contributed by atoms with van der Waals surface area (Å²) in [5.41, 5.74) is -1.38. The van der Waals surface area contributed by atoms with E-state index >= 15 is 0 Å². The number of carbonyl (C=O) groups is 3. The molecule has 7 atom stereocenters. The molecule has 0 aliphatic carbocycles. The van der Waals surface area contributed by atoms with E-state index in [0.717, 1.165) is 5.56 Å². The van der Waals surface area contributed by atoms with E-state index in [9.17, 15) is 24.6 Å². The first kappa shape index (κ1) is 25.4. The predicted octanol–water partition coefficient (Wildman–Crippen LogP) is 2.31. The lowest BCUT2D eigenvalue weighted by atomic mass is 9.62. The van der Waals surface area contributed by atoms with Crippen LogP contribution in [-0.4, -0.2) is 74.2 Å². The Kier molecular flexibility index (Phi) is 6.57. The Morgan fingerprint density at radius 3 is 2.51 bits per heavy atom. The molecule has 2 bridgehead atoms. The molecule has 3 aliphatic heterocycles. The van der Waals surface area contributed by atoms with Gasteiger partial charge in [-0.1, -0.05) is 57.2 Å². The molecular weight excluding hydrogens is 448 g/mol. The fourth-order valence-corrected chi connectivity index (χ4v) is 6.67. The summed E-state index contributed by atoms with van der Waals surface area (Å²) in [4.78, 5) is 43.8.